The first-order chi connectivity index (χ1) is 7.20. The topological polar surface area (TPSA) is 89.4 Å². The van der Waals surface area contributed by atoms with Crippen molar-refractivity contribution in [2.45, 2.75) is 38.0 Å². The number of aromatic carboxylic acids is 1. The number of carbonyl (C=O) groups is 1. The Kier molecular flexibility index (Phi) is 2.62. The first kappa shape index (κ1) is 10.0. The zero-order valence-corrected chi connectivity index (χ0v) is 8.40. The molecule has 1 aromatic heterocycles. The van der Waals surface area contributed by atoms with Gasteiger partial charge in [-0.3, -0.25) is 0 Å². The van der Waals surface area contributed by atoms with E-state index in [0.29, 0.717) is 5.76 Å². The van der Waals surface area contributed by atoms with Crippen LogP contribution in [0.15, 0.2) is 4.52 Å². The van der Waals surface area contributed by atoms with Gasteiger partial charge in [-0.05, 0) is 12.8 Å². The van der Waals surface area contributed by atoms with Gasteiger partial charge in [0.25, 0.3) is 0 Å². The van der Waals surface area contributed by atoms with Crippen LogP contribution in [0.4, 0.5) is 5.82 Å². The van der Waals surface area contributed by atoms with Gasteiger partial charge >= 0.3 is 5.97 Å². The summed E-state index contributed by atoms with van der Waals surface area (Å²) >= 11 is 0. The highest BCUT2D eigenvalue weighted by Crippen LogP contribution is 2.35. The second-order valence-electron chi connectivity index (χ2n) is 3.95. The number of carboxylic acid groups (broad SMARTS) is 1. The molecule has 2 rings (SSSR count). The third-order valence-electron chi connectivity index (χ3n) is 2.93. The van der Waals surface area contributed by atoms with E-state index in [-0.39, 0.29) is 17.3 Å². The molecule has 3 N–H and O–H groups in total. The quantitative estimate of drug-likeness (QED) is 0.779. The molecule has 15 heavy (non-hydrogen) atoms. The summed E-state index contributed by atoms with van der Waals surface area (Å²) in [6.45, 7) is 0. The van der Waals surface area contributed by atoms with Crippen LogP contribution in [0.1, 0.15) is 54.1 Å². The maximum Gasteiger partial charge on any atom is 0.343 e. The van der Waals surface area contributed by atoms with Gasteiger partial charge in [-0.15, -0.1) is 0 Å². The molecule has 0 radical (unpaired) electrons. The number of nitrogens with zero attached hydrogens (tertiary/aromatic N) is 1. The van der Waals surface area contributed by atoms with Gasteiger partial charge in [-0.2, -0.15) is 0 Å². The van der Waals surface area contributed by atoms with E-state index in [4.69, 9.17) is 15.4 Å². The minimum absolute atomic E-state index is 0.0110. The Morgan fingerprint density at radius 2 is 2.07 bits per heavy atom. The third kappa shape index (κ3) is 1.82. The number of anilines is 1. The molecule has 1 fully saturated rings. The van der Waals surface area contributed by atoms with Crippen LogP contribution < -0.4 is 5.73 Å². The van der Waals surface area contributed by atoms with Crippen molar-refractivity contribution in [2.75, 3.05) is 5.73 Å². The SMILES string of the molecule is Nc1noc(C2CCCCC2)c1C(=O)O. The Balaban J connectivity index is 2.30. The minimum Gasteiger partial charge on any atom is -0.477 e. The van der Waals surface area contributed by atoms with Crippen LogP contribution in [-0.2, 0) is 0 Å². The lowest BCUT2D eigenvalue weighted by molar-refractivity contribution is 0.0694. The second-order valence-corrected chi connectivity index (χ2v) is 3.95. The van der Waals surface area contributed by atoms with E-state index in [9.17, 15) is 4.79 Å². The zero-order valence-electron chi connectivity index (χ0n) is 8.40. The summed E-state index contributed by atoms with van der Waals surface area (Å²) in [4.78, 5) is 11.0. The predicted molar refractivity (Wildman–Crippen MR) is 53.7 cm³/mol. The fourth-order valence-corrected chi connectivity index (χ4v) is 2.17. The molecule has 5 heteroatoms. The summed E-state index contributed by atoms with van der Waals surface area (Å²) in [5.74, 6) is -0.424. The van der Waals surface area contributed by atoms with Crippen molar-refractivity contribution >= 4 is 11.8 Å². The largest absolute Gasteiger partial charge is 0.477 e. The average molecular weight is 210 g/mol. The van der Waals surface area contributed by atoms with Crippen molar-refractivity contribution in [3.8, 4) is 0 Å². The lowest BCUT2D eigenvalue weighted by atomic mass is 9.86. The van der Waals surface area contributed by atoms with Crippen molar-refractivity contribution in [2.24, 2.45) is 0 Å². The maximum absolute atomic E-state index is 11.0. The van der Waals surface area contributed by atoms with E-state index in [1.54, 1.807) is 0 Å². The summed E-state index contributed by atoms with van der Waals surface area (Å²) in [5, 5.41) is 12.5. The third-order valence-corrected chi connectivity index (χ3v) is 2.93. The zero-order chi connectivity index (χ0) is 10.8. The number of hydrogen-bond donors (Lipinski definition) is 2. The molecule has 1 aliphatic rings. The average Bonchev–Trinajstić information content (AvgIpc) is 2.61. The molecule has 0 bridgehead atoms. The van der Waals surface area contributed by atoms with E-state index < -0.39 is 5.97 Å². The minimum atomic E-state index is -1.05. The number of nitrogen functional groups attached to an aromatic ring is 1. The van der Waals surface area contributed by atoms with Gasteiger partial charge in [0.05, 0.1) is 0 Å². The summed E-state index contributed by atoms with van der Waals surface area (Å²) in [6, 6.07) is 0. The Labute approximate surface area is 87.2 Å². The second kappa shape index (κ2) is 3.92. The molecule has 0 aromatic carbocycles. The molecule has 0 spiro atoms. The van der Waals surface area contributed by atoms with E-state index in [2.05, 4.69) is 5.16 Å². The van der Waals surface area contributed by atoms with E-state index in [1.807, 2.05) is 0 Å². The van der Waals surface area contributed by atoms with E-state index in [1.165, 1.54) is 6.42 Å². The van der Waals surface area contributed by atoms with Gasteiger partial charge in [0, 0.05) is 5.92 Å². The summed E-state index contributed by atoms with van der Waals surface area (Å²) in [6.07, 6.45) is 5.38. The summed E-state index contributed by atoms with van der Waals surface area (Å²) < 4.78 is 5.04. The number of rotatable bonds is 2. The molecular formula is C10H14N2O3. The molecule has 0 atom stereocenters. The van der Waals surface area contributed by atoms with Crippen LogP contribution in [-0.4, -0.2) is 16.2 Å². The van der Waals surface area contributed by atoms with Gasteiger partial charge in [0.2, 0.25) is 0 Å². The first-order valence-electron chi connectivity index (χ1n) is 5.18. The molecule has 82 valence electrons. The maximum atomic E-state index is 11.0. The molecule has 0 unspecified atom stereocenters. The van der Waals surface area contributed by atoms with Gasteiger partial charge in [0.15, 0.2) is 11.6 Å². The Morgan fingerprint density at radius 1 is 1.40 bits per heavy atom. The molecule has 1 saturated carbocycles. The predicted octanol–water partition coefficient (Wildman–Crippen LogP) is 2.00. The van der Waals surface area contributed by atoms with E-state index in [0.717, 1.165) is 25.7 Å². The van der Waals surface area contributed by atoms with Gasteiger partial charge < -0.3 is 15.4 Å². The van der Waals surface area contributed by atoms with Crippen LogP contribution >= 0.6 is 0 Å². The first-order valence-corrected chi connectivity index (χ1v) is 5.18. The molecule has 1 heterocycles. The fraction of sp³-hybridized carbons (Fsp3) is 0.600. The van der Waals surface area contributed by atoms with Crippen LogP contribution in [0.3, 0.4) is 0 Å². The number of aromatic nitrogens is 1. The highest BCUT2D eigenvalue weighted by molar-refractivity contribution is 5.93. The standard InChI is InChI=1S/C10H14N2O3/c11-9-7(10(13)14)8(15-12-9)6-4-2-1-3-5-6/h6H,1-5H2,(H2,11,12)(H,13,14). The van der Waals surface area contributed by atoms with Crippen molar-refractivity contribution < 1.29 is 14.4 Å². The Hall–Kier alpha value is -1.52. The van der Waals surface area contributed by atoms with Crippen molar-refractivity contribution in [1.29, 1.82) is 0 Å². The van der Waals surface area contributed by atoms with Crippen molar-refractivity contribution in [3.05, 3.63) is 11.3 Å². The summed E-state index contributed by atoms with van der Waals surface area (Å²) in [7, 11) is 0. The van der Waals surface area contributed by atoms with E-state index >= 15 is 0 Å². The van der Waals surface area contributed by atoms with Crippen LogP contribution in [0.25, 0.3) is 0 Å². The molecule has 0 aliphatic heterocycles. The molecule has 0 amide bonds. The summed E-state index contributed by atoms with van der Waals surface area (Å²) in [5.41, 5.74) is 5.52. The van der Waals surface area contributed by atoms with Gasteiger partial charge in [-0.25, -0.2) is 4.79 Å². The highest BCUT2D eigenvalue weighted by atomic mass is 16.5. The van der Waals surface area contributed by atoms with Crippen LogP contribution in [0.2, 0.25) is 0 Å². The lowest BCUT2D eigenvalue weighted by Gasteiger charge is -2.19. The Morgan fingerprint density at radius 3 is 2.67 bits per heavy atom. The smallest absolute Gasteiger partial charge is 0.343 e. The van der Waals surface area contributed by atoms with Gasteiger partial charge in [0.1, 0.15) is 5.56 Å². The van der Waals surface area contributed by atoms with Crippen LogP contribution in [0, 0.1) is 0 Å². The normalized spacial score (nSPS) is 17.9. The van der Waals surface area contributed by atoms with Crippen LogP contribution in [0.5, 0.6) is 0 Å². The molecule has 1 aliphatic carbocycles. The fourth-order valence-electron chi connectivity index (χ4n) is 2.17. The molecule has 5 nitrogen and oxygen atoms in total. The lowest BCUT2D eigenvalue weighted by Crippen LogP contribution is -2.09. The number of nitrogens with two attached hydrogens (primary N) is 1. The van der Waals surface area contributed by atoms with Crippen molar-refractivity contribution in [3.63, 3.8) is 0 Å². The molecule has 0 saturated heterocycles. The van der Waals surface area contributed by atoms with Crippen molar-refractivity contribution in [1.82, 2.24) is 5.16 Å². The molecule has 1 aromatic rings. The number of carboxylic acids is 1. The molecular weight excluding hydrogens is 196 g/mol. The highest BCUT2D eigenvalue weighted by Gasteiger charge is 2.28. The monoisotopic (exact) mass is 210 g/mol. The Bertz CT molecular complexity index is 367. The number of hydrogen-bond acceptors (Lipinski definition) is 4. The van der Waals surface area contributed by atoms with Gasteiger partial charge in [-0.1, -0.05) is 24.4 Å².